The first-order valence-corrected chi connectivity index (χ1v) is 8.50. The van der Waals surface area contributed by atoms with Gasteiger partial charge in [0.1, 0.15) is 0 Å². The quantitative estimate of drug-likeness (QED) is 0.817. The van der Waals surface area contributed by atoms with Crippen molar-refractivity contribution in [1.29, 1.82) is 0 Å². The van der Waals surface area contributed by atoms with Crippen molar-refractivity contribution in [2.45, 2.75) is 39.1 Å². The Morgan fingerprint density at radius 1 is 1.41 bits per heavy atom. The van der Waals surface area contributed by atoms with Crippen LogP contribution in [0.25, 0.3) is 11.0 Å². The van der Waals surface area contributed by atoms with Crippen LogP contribution in [0.2, 0.25) is 0 Å². The van der Waals surface area contributed by atoms with E-state index in [-0.39, 0.29) is 40.1 Å². The summed E-state index contributed by atoms with van der Waals surface area (Å²) in [5.74, 6) is -1.67. The molecule has 2 heterocycles. The summed E-state index contributed by atoms with van der Waals surface area (Å²) in [5.41, 5.74) is -0.180. The number of carbonyl (C=O) groups is 1. The van der Waals surface area contributed by atoms with Crippen molar-refractivity contribution in [2.24, 2.45) is 0 Å². The Bertz CT molecular complexity index is 832. The molecular formula is C17H20F3N3O4. The SMILES string of the molecule is CC1CN(c2c(CO)cc3c(C(=O)NCC(F)F)noc3c2F)CC(C)O1. The second-order valence-corrected chi connectivity index (χ2v) is 6.53. The standard InChI is InChI=1S/C17H20F3N3O4/c1-8-5-23(6-9(2)26-8)15-10(7-24)3-11-14(17(25)21-4-12(18)19)22-27-16(11)13(15)20/h3,8-9,12,24H,4-7H2,1-2H3,(H,21,25). The summed E-state index contributed by atoms with van der Waals surface area (Å²) in [6, 6.07) is 1.40. The molecule has 2 aromatic rings. The molecule has 0 saturated carbocycles. The monoisotopic (exact) mass is 387 g/mol. The molecule has 0 bridgehead atoms. The van der Waals surface area contributed by atoms with E-state index in [0.717, 1.165) is 0 Å². The number of fused-ring (bicyclic) bond motifs is 1. The van der Waals surface area contributed by atoms with E-state index in [2.05, 4.69) is 5.16 Å². The average Bonchev–Trinajstić information content (AvgIpc) is 3.02. The summed E-state index contributed by atoms with van der Waals surface area (Å²) < 4.78 is 50.4. The van der Waals surface area contributed by atoms with Crippen LogP contribution in [0, 0.1) is 5.82 Å². The lowest BCUT2D eigenvalue weighted by atomic mass is 10.1. The molecule has 2 atom stereocenters. The average molecular weight is 387 g/mol. The normalized spacial score (nSPS) is 20.5. The van der Waals surface area contributed by atoms with Crippen LogP contribution in [0.3, 0.4) is 0 Å². The van der Waals surface area contributed by atoms with Gasteiger partial charge in [0.2, 0.25) is 5.58 Å². The van der Waals surface area contributed by atoms with E-state index in [0.29, 0.717) is 13.1 Å². The summed E-state index contributed by atoms with van der Waals surface area (Å²) >= 11 is 0. The minimum atomic E-state index is -2.73. The van der Waals surface area contributed by atoms with Gasteiger partial charge in [0.25, 0.3) is 12.3 Å². The topological polar surface area (TPSA) is 87.8 Å². The number of nitrogens with one attached hydrogen (secondary N) is 1. The Morgan fingerprint density at radius 3 is 2.67 bits per heavy atom. The van der Waals surface area contributed by atoms with Crippen LogP contribution in [0.4, 0.5) is 18.9 Å². The number of halogens is 3. The predicted molar refractivity (Wildman–Crippen MR) is 90.4 cm³/mol. The Balaban J connectivity index is 2.02. The van der Waals surface area contributed by atoms with Gasteiger partial charge in [0, 0.05) is 18.7 Å². The number of alkyl halides is 2. The van der Waals surface area contributed by atoms with Crippen molar-refractivity contribution in [3.05, 3.63) is 23.1 Å². The fourth-order valence-electron chi connectivity index (χ4n) is 3.32. The number of nitrogens with zero attached hydrogens (tertiary/aromatic N) is 2. The maximum absolute atomic E-state index is 15.2. The molecule has 1 aliphatic heterocycles. The molecule has 1 amide bonds. The number of morpholine rings is 1. The van der Waals surface area contributed by atoms with E-state index in [1.165, 1.54) is 6.07 Å². The van der Waals surface area contributed by atoms with Crippen molar-refractivity contribution in [2.75, 3.05) is 24.5 Å². The molecule has 2 N–H and O–H groups in total. The second kappa shape index (κ2) is 7.73. The van der Waals surface area contributed by atoms with Crippen molar-refractivity contribution in [3.63, 3.8) is 0 Å². The molecule has 7 nitrogen and oxygen atoms in total. The van der Waals surface area contributed by atoms with Crippen LogP contribution in [-0.2, 0) is 11.3 Å². The summed E-state index contributed by atoms with van der Waals surface area (Å²) in [7, 11) is 0. The van der Waals surface area contributed by atoms with Crippen LogP contribution >= 0.6 is 0 Å². The highest BCUT2D eigenvalue weighted by Crippen LogP contribution is 2.35. The third-order valence-corrected chi connectivity index (χ3v) is 4.30. The number of amides is 1. The molecular weight excluding hydrogens is 367 g/mol. The summed E-state index contributed by atoms with van der Waals surface area (Å²) in [6.45, 7) is 3.20. The van der Waals surface area contributed by atoms with Crippen molar-refractivity contribution < 1.29 is 32.3 Å². The highest BCUT2D eigenvalue weighted by molar-refractivity contribution is 6.05. The molecule has 1 aromatic heterocycles. The smallest absolute Gasteiger partial charge is 0.274 e. The van der Waals surface area contributed by atoms with E-state index in [1.807, 2.05) is 19.2 Å². The van der Waals surface area contributed by atoms with Gasteiger partial charge < -0.3 is 24.6 Å². The van der Waals surface area contributed by atoms with E-state index in [1.54, 1.807) is 4.90 Å². The molecule has 10 heteroatoms. The van der Waals surface area contributed by atoms with Crippen molar-refractivity contribution >= 4 is 22.6 Å². The van der Waals surface area contributed by atoms with Gasteiger partial charge in [-0.3, -0.25) is 4.79 Å². The Hall–Kier alpha value is -2.33. The zero-order valence-corrected chi connectivity index (χ0v) is 14.8. The second-order valence-electron chi connectivity index (χ2n) is 6.53. The minimum Gasteiger partial charge on any atom is -0.392 e. The molecule has 1 aliphatic rings. The molecule has 1 saturated heterocycles. The summed E-state index contributed by atoms with van der Waals surface area (Å²) in [6.07, 6.45) is -3.00. The first kappa shape index (κ1) is 19.4. The summed E-state index contributed by atoms with van der Waals surface area (Å²) in [5, 5.41) is 15.3. The Morgan fingerprint density at radius 2 is 2.07 bits per heavy atom. The van der Waals surface area contributed by atoms with Crippen LogP contribution in [0.15, 0.2) is 10.6 Å². The number of anilines is 1. The van der Waals surface area contributed by atoms with Gasteiger partial charge in [-0.05, 0) is 19.9 Å². The van der Waals surface area contributed by atoms with Crippen LogP contribution in [0.1, 0.15) is 29.9 Å². The van der Waals surface area contributed by atoms with E-state index in [4.69, 9.17) is 9.26 Å². The maximum atomic E-state index is 15.2. The van der Waals surface area contributed by atoms with Gasteiger partial charge in [0.15, 0.2) is 11.5 Å². The predicted octanol–water partition coefficient (Wildman–Crippen LogP) is 2.07. The third-order valence-electron chi connectivity index (χ3n) is 4.30. The number of benzene rings is 1. The number of hydrogen-bond acceptors (Lipinski definition) is 6. The third kappa shape index (κ3) is 3.86. The van der Waals surface area contributed by atoms with E-state index < -0.39 is 31.3 Å². The number of hydrogen-bond donors (Lipinski definition) is 2. The van der Waals surface area contributed by atoms with Gasteiger partial charge in [-0.2, -0.15) is 0 Å². The molecule has 0 spiro atoms. The Kier molecular flexibility index (Phi) is 5.56. The number of rotatable bonds is 5. The fraction of sp³-hybridized carbons (Fsp3) is 0.529. The molecule has 1 fully saturated rings. The highest BCUT2D eigenvalue weighted by Gasteiger charge is 2.30. The zero-order valence-electron chi connectivity index (χ0n) is 14.8. The molecule has 27 heavy (non-hydrogen) atoms. The van der Waals surface area contributed by atoms with Crippen LogP contribution in [0.5, 0.6) is 0 Å². The molecule has 2 unspecified atom stereocenters. The van der Waals surface area contributed by atoms with Crippen molar-refractivity contribution in [3.8, 4) is 0 Å². The van der Waals surface area contributed by atoms with Gasteiger partial charge in [0.05, 0.1) is 36.4 Å². The van der Waals surface area contributed by atoms with Crippen LogP contribution < -0.4 is 10.2 Å². The fourth-order valence-corrected chi connectivity index (χ4v) is 3.32. The Labute approximate surface area is 153 Å². The lowest BCUT2D eigenvalue weighted by molar-refractivity contribution is -0.00550. The number of aliphatic hydroxyl groups is 1. The number of carbonyl (C=O) groups excluding carboxylic acids is 1. The lowest BCUT2D eigenvalue weighted by Crippen LogP contribution is -2.46. The number of aromatic nitrogens is 1. The lowest BCUT2D eigenvalue weighted by Gasteiger charge is -2.37. The van der Waals surface area contributed by atoms with Gasteiger partial charge >= 0.3 is 0 Å². The zero-order chi connectivity index (χ0) is 19.7. The molecule has 3 rings (SSSR count). The first-order valence-electron chi connectivity index (χ1n) is 8.50. The number of aliphatic hydroxyl groups excluding tert-OH is 1. The molecule has 148 valence electrons. The van der Waals surface area contributed by atoms with Crippen LogP contribution in [-0.4, -0.2) is 54.4 Å². The molecule has 0 radical (unpaired) electrons. The first-order chi connectivity index (χ1) is 12.8. The minimum absolute atomic E-state index is 0.0152. The highest BCUT2D eigenvalue weighted by atomic mass is 19.3. The van der Waals surface area contributed by atoms with Crippen molar-refractivity contribution in [1.82, 2.24) is 10.5 Å². The van der Waals surface area contributed by atoms with Gasteiger partial charge in [-0.15, -0.1) is 0 Å². The largest absolute Gasteiger partial charge is 0.392 e. The van der Waals surface area contributed by atoms with Gasteiger partial charge in [-0.1, -0.05) is 5.16 Å². The summed E-state index contributed by atoms with van der Waals surface area (Å²) in [4.78, 5) is 13.8. The maximum Gasteiger partial charge on any atom is 0.274 e. The molecule has 1 aromatic carbocycles. The van der Waals surface area contributed by atoms with E-state index in [9.17, 15) is 18.7 Å². The van der Waals surface area contributed by atoms with E-state index >= 15 is 4.39 Å². The number of ether oxygens (including phenoxy) is 1. The molecule has 0 aliphatic carbocycles. The van der Waals surface area contributed by atoms with Gasteiger partial charge in [-0.25, -0.2) is 13.2 Å².